The number of amides is 1. The second-order valence-corrected chi connectivity index (χ2v) is 9.99. The Kier molecular flexibility index (Phi) is 6.07. The van der Waals surface area contributed by atoms with Gasteiger partial charge in [0.15, 0.2) is 0 Å². The molecule has 9 heteroatoms. The van der Waals surface area contributed by atoms with Crippen LogP contribution >= 0.6 is 11.6 Å². The topological polar surface area (TPSA) is 81.2 Å². The normalized spacial score (nSPS) is 14.5. The number of hydrogen-bond acceptors (Lipinski definition) is 5. The fourth-order valence-corrected chi connectivity index (χ4v) is 3.87. The van der Waals surface area contributed by atoms with E-state index in [1.54, 1.807) is 12.1 Å². The third kappa shape index (κ3) is 4.95. The molecule has 176 valence electrons. The number of benzene rings is 1. The summed E-state index contributed by atoms with van der Waals surface area (Å²) in [5, 5.41) is 10.9. The first-order valence-electron chi connectivity index (χ1n) is 10.9. The third-order valence-electron chi connectivity index (χ3n) is 5.65. The molecule has 6 nitrogen and oxygen atoms in total. The molecule has 1 aliphatic rings. The molecule has 0 atom stereocenters. The van der Waals surface area contributed by atoms with E-state index in [9.17, 15) is 4.79 Å². The Morgan fingerprint density at radius 2 is 1.91 bits per heavy atom. The molecule has 4 rings (SSSR count). The van der Waals surface area contributed by atoms with Crippen molar-refractivity contribution < 1.29 is 22.6 Å². The first kappa shape index (κ1) is 23.4. The number of anilines is 1. The highest BCUT2D eigenvalue weighted by molar-refractivity contribution is 6.33. The van der Waals surface area contributed by atoms with Gasteiger partial charge in [0.25, 0.3) is 0 Å². The van der Waals surface area contributed by atoms with Gasteiger partial charge in [-0.05, 0) is 43.4 Å². The molecule has 0 saturated heterocycles. The minimum atomic E-state index is -3.52. The lowest BCUT2D eigenvalue weighted by atomic mass is 9.91. The Hall–Kier alpha value is -2.74. The average molecular weight is 478 g/mol. The largest absolute Gasteiger partial charge is 0.366 e. The second-order valence-electron chi connectivity index (χ2n) is 9.58. The van der Waals surface area contributed by atoms with E-state index >= 15 is 8.78 Å². The lowest BCUT2D eigenvalue weighted by Gasteiger charge is -2.13. The van der Waals surface area contributed by atoms with Gasteiger partial charge in [0, 0.05) is 29.9 Å². The van der Waals surface area contributed by atoms with Crippen LogP contribution in [0.25, 0.3) is 0 Å². The van der Waals surface area contributed by atoms with Crippen molar-refractivity contribution in [1.29, 1.82) is 0 Å². The van der Waals surface area contributed by atoms with E-state index in [1.165, 1.54) is 6.07 Å². The van der Waals surface area contributed by atoms with Gasteiger partial charge in [-0.15, -0.1) is 0 Å². The van der Waals surface area contributed by atoms with Crippen LogP contribution in [0.1, 0.15) is 80.0 Å². The number of carbonyl (C=O) groups is 1. The summed E-state index contributed by atoms with van der Waals surface area (Å²) >= 11 is 6.17. The minimum Gasteiger partial charge on any atom is -0.354 e. The van der Waals surface area contributed by atoms with Crippen LogP contribution in [0.5, 0.6) is 0 Å². The van der Waals surface area contributed by atoms with Crippen molar-refractivity contribution in [3.8, 4) is 0 Å². The molecule has 33 heavy (non-hydrogen) atoms. The number of aromatic nitrogens is 2. The van der Waals surface area contributed by atoms with E-state index < -0.39 is 22.9 Å². The van der Waals surface area contributed by atoms with Gasteiger partial charge in [0.05, 0.1) is 22.1 Å². The predicted octanol–water partition coefficient (Wildman–Crippen LogP) is 6.51. The van der Waals surface area contributed by atoms with E-state index in [0.717, 1.165) is 18.4 Å². The summed E-state index contributed by atoms with van der Waals surface area (Å²) < 4.78 is 40.9. The summed E-state index contributed by atoms with van der Waals surface area (Å²) in [6, 6.07) is 6.58. The van der Waals surface area contributed by atoms with Crippen LogP contribution in [-0.2, 0) is 22.6 Å². The maximum absolute atomic E-state index is 15.4. The molecule has 3 aromatic rings. The molecule has 2 heterocycles. The van der Waals surface area contributed by atoms with Gasteiger partial charge in [0.2, 0.25) is 17.4 Å². The molecule has 0 aliphatic heterocycles. The van der Waals surface area contributed by atoms with Crippen LogP contribution in [0.15, 0.2) is 33.3 Å². The molecule has 1 aromatic carbocycles. The van der Waals surface area contributed by atoms with Crippen molar-refractivity contribution in [2.24, 2.45) is 0 Å². The molecule has 2 aromatic heterocycles. The first-order chi connectivity index (χ1) is 15.5. The standard InChI is InChI=1S/C24H26ClF2N3O3/c1-13-5-8-16(15(25)11-13)28-20(31)10-9-17-21(14-6-7-14)22(33-29-17)24(26,27)19-12-18(30-32-19)23(2,3)4/h5,8,11-12,14H,6-7,9-10H2,1-4H3,(H,28,31). The average Bonchev–Trinajstić information content (AvgIpc) is 3.25. The number of nitrogens with zero attached hydrogens (tertiary/aromatic N) is 2. The Labute approximate surface area is 195 Å². The van der Waals surface area contributed by atoms with Gasteiger partial charge in [-0.25, -0.2) is 0 Å². The summed E-state index contributed by atoms with van der Waals surface area (Å²) in [6.07, 6.45) is 1.76. The van der Waals surface area contributed by atoms with Crippen molar-refractivity contribution in [3.63, 3.8) is 0 Å². The number of nitrogens with one attached hydrogen (secondary N) is 1. The fraction of sp³-hybridized carbons (Fsp3) is 0.458. The molecule has 1 N–H and O–H groups in total. The molecule has 1 amide bonds. The zero-order chi connectivity index (χ0) is 24.0. The van der Waals surface area contributed by atoms with Gasteiger partial charge >= 0.3 is 5.92 Å². The van der Waals surface area contributed by atoms with Gasteiger partial charge in [-0.3, -0.25) is 4.79 Å². The minimum absolute atomic E-state index is 0.0535. The van der Waals surface area contributed by atoms with Crippen LogP contribution in [0.4, 0.5) is 14.5 Å². The van der Waals surface area contributed by atoms with E-state index in [-0.39, 0.29) is 24.7 Å². The Bertz CT molecular complexity index is 1180. The molecule has 1 saturated carbocycles. The van der Waals surface area contributed by atoms with Crippen molar-refractivity contribution in [2.75, 3.05) is 5.32 Å². The molecule has 0 bridgehead atoms. The lowest BCUT2D eigenvalue weighted by molar-refractivity contribution is -0.116. The van der Waals surface area contributed by atoms with E-state index in [2.05, 4.69) is 15.6 Å². The van der Waals surface area contributed by atoms with E-state index in [0.29, 0.717) is 27.7 Å². The SMILES string of the molecule is Cc1ccc(NC(=O)CCc2noc(C(F)(F)c3cc(C(C)(C)C)no3)c2C2CC2)c(Cl)c1. The number of carbonyl (C=O) groups excluding carboxylic acids is 1. The Morgan fingerprint density at radius 1 is 1.18 bits per heavy atom. The summed E-state index contributed by atoms with van der Waals surface area (Å²) in [6.45, 7) is 7.49. The number of aryl methyl sites for hydroxylation is 2. The summed E-state index contributed by atoms with van der Waals surface area (Å²) in [4.78, 5) is 12.4. The second kappa shape index (κ2) is 8.56. The third-order valence-corrected chi connectivity index (χ3v) is 5.96. The summed E-state index contributed by atoms with van der Waals surface area (Å²) in [7, 11) is 0. The smallest absolute Gasteiger partial charge is 0.354 e. The monoisotopic (exact) mass is 477 g/mol. The highest BCUT2D eigenvalue weighted by Gasteiger charge is 2.49. The number of halogens is 3. The van der Waals surface area contributed by atoms with Crippen LogP contribution in [0.2, 0.25) is 5.02 Å². The molecule has 0 radical (unpaired) electrons. The van der Waals surface area contributed by atoms with Crippen molar-refractivity contribution in [1.82, 2.24) is 10.3 Å². The molecular weight excluding hydrogens is 452 g/mol. The highest BCUT2D eigenvalue weighted by atomic mass is 35.5. The van der Waals surface area contributed by atoms with E-state index in [4.69, 9.17) is 20.6 Å². The molecule has 1 aliphatic carbocycles. The van der Waals surface area contributed by atoms with Crippen LogP contribution in [0, 0.1) is 6.92 Å². The van der Waals surface area contributed by atoms with Crippen LogP contribution in [-0.4, -0.2) is 16.2 Å². The van der Waals surface area contributed by atoms with Gasteiger partial charge in [-0.2, -0.15) is 8.78 Å². The number of hydrogen-bond donors (Lipinski definition) is 1. The molecule has 0 unspecified atom stereocenters. The van der Waals surface area contributed by atoms with Gasteiger partial charge in [0.1, 0.15) is 0 Å². The summed E-state index contributed by atoms with van der Waals surface area (Å²) in [5.41, 5.74) is 2.21. The lowest BCUT2D eigenvalue weighted by Crippen LogP contribution is -2.17. The van der Waals surface area contributed by atoms with Crippen molar-refractivity contribution in [2.45, 2.75) is 70.6 Å². The zero-order valence-electron chi connectivity index (χ0n) is 19.0. The first-order valence-corrected chi connectivity index (χ1v) is 11.2. The number of alkyl halides is 2. The van der Waals surface area contributed by atoms with Crippen molar-refractivity contribution >= 4 is 23.2 Å². The Balaban J connectivity index is 1.52. The maximum atomic E-state index is 15.4. The van der Waals surface area contributed by atoms with E-state index in [1.807, 2.05) is 33.8 Å². The van der Waals surface area contributed by atoms with Crippen LogP contribution < -0.4 is 5.32 Å². The van der Waals surface area contributed by atoms with Gasteiger partial charge < -0.3 is 14.4 Å². The highest BCUT2D eigenvalue weighted by Crippen LogP contribution is 2.49. The Morgan fingerprint density at radius 3 is 2.52 bits per heavy atom. The summed E-state index contributed by atoms with van der Waals surface area (Å²) in [5.74, 6) is -4.98. The number of rotatable bonds is 7. The predicted molar refractivity (Wildman–Crippen MR) is 120 cm³/mol. The van der Waals surface area contributed by atoms with Gasteiger partial charge in [-0.1, -0.05) is 48.8 Å². The zero-order valence-corrected chi connectivity index (χ0v) is 19.7. The quantitative estimate of drug-likeness (QED) is 0.419. The van der Waals surface area contributed by atoms with Crippen molar-refractivity contribution in [3.05, 3.63) is 63.3 Å². The molecule has 1 fully saturated rings. The van der Waals surface area contributed by atoms with Crippen LogP contribution in [0.3, 0.4) is 0 Å². The fourth-order valence-electron chi connectivity index (χ4n) is 3.58. The molecular formula is C24H26ClF2N3O3. The molecule has 0 spiro atoms. The maximum Gasteiger partial charge on any atom is 0.366 e.